The van der Waals surface area contributed by atoms with Gasteiger partial charge in [0.05, 0.1) is 12.1 Å². The van der Waals surface area contributed by atoms with E-state index in [2.05, 4.69) is 21.4 Å². The standard InChI is InChI=1S/C14H17N5S/c1-19-6-5-16-12(19)8-17-14-10(13(15)20)7-9-3-2-4-11(9)18-14/h5-7H,2-4,8H2,1H3,(H2,15,20)(H,17,18). The summed E-state index contributed by atoms with van der Waals surface area (Å²) < 4.78 is 1.97. The fourth-order valence-electron chi connectivity index (χ4n) is 2.52. The Morgan fingerprint density at radius 1 is 1.50 bits per heavy atom. The van der Waals surface area contributed by atoms with Gasteiger partial charge in [-0.15, -0.1) is 0 Å². The van der Waals surface area contributed by atoms with Gasteiger partial charge in [-0.05, 0) is 30.9 Å². The average Bonchev–Trinajstić information content (AvgIpc) is 3.03. The van der Waals surface area contributed by atoms with Crippen molar-refractivity contribution in [3.05, 3.63) is 41.1 Å². The van der Waals surface area contributed by atoms with Crippen LogP contribution in [0, 0.1) is 0 Å². The van der Waals surface area contributed by atoms with Crippen molar-refractivity contribution in [3.8, 4) is 0 Å². The van der Waals surface area contributed by atoms with Gasteiger partial charge in [-0.1, -0.05) is 12.2 Å². The van der Waals surface area contributed by atoms with E-state index < -0.39 is 0 Å². The quantitative estimate of drug-likeness (QED) is 0.835. The molecule has 6 heteroatoms. The molecule has 0 bridgehead atoms. The summed E-state index contributed by atoms with van der Waals surface area (Å²) in [5.74, 6) is 1.71. The lowest BCUT2D eigenvalue weighted by Gasteiger charge is -2.12. The van der Waals surface area contributed by atoms with E-state index in [0.717, 1.165) is 42.2 Å². The molecule has 0 amide bonds. The number of aryl methyl sites for hydroxylation is 3. The molecular weight excluding hydrogens is 270 g/mol. The van der Waals surface area contributed by atoms with E-state index in [1.807, 2.05) is 17.8 Å². The number of fused-ring (bicyclic) bond motifs is 1. The van der Waals surface area contributed by atoms with Crippen molar-refractivity contribution in [2.45, 2.75) is 25.8 Å². The predicted molar refractivity (Wildman–Crippen MR) is 82.7 cm³/mol. The summed E-state index contributed by atoms with van der Waals surface area (Å²) in [6.45, 7) is 0.602. The monoisotopic (exact) mass is 287 g/mol. The van der Waals surface area contributed by atoms with Crippen LogP contribution >= 0.6 is 12.2 Å². The lowest BCUT2D eigenvalue weighted by molar-refractivity contribution is 0.810. The third kappa shape index (κ3) is 2.38. The largest absolute Gasteiger partial charge is 0.389 e. The molecule has 0 spiro atoms. The zero-order chi connectivity index (χ0) is 14.1. The normalized spacial score (nSPS) is 13.2. The molecule has 0 saturated carbocycles. The van der Waals surface area contributed by atoms with E-state index in [4.69, 9.17) is 18.0 Å². The van der Waals surface area contributed by atoms with Crippen LogP contribution in [0.2, 0.25) is 0 Å². The first-order chi connectivity index (χ1) is 9.65. The Kier molecular flexibility index (Phi) is 3.40. The number of nitrogens with zero attached hydrogens (tertiary/aromatic N) is 3. The zero-order valence-corrected chi connectivity index (χ0v) is 12.2. The molecule has 104 valence electrons. The molecule has 2 aromatic heterocycles. The SMILES string of the molecule is Cn1ccnc1CNc1nc2c(cc1C(N)=S)CCC2. The highest BCUT2D eigenvalue weighted by Crippen LogP contribution is 2.25. The van der Waals surface area contributed by atoms with Gasteiger partial charge in [0.15, 0.2) is 0 Å². The van der Waals surface area contributed by atoms with Crippen LogP contribution in [0.25, 0.3) is 0 Å². The van der Waals surface area contributed by atoms with Gasteiger partial charge in [-0.2, -0.15) is 0 Å². The van der Waals surface area contributed by atoms with Crippen molar-refractivity contribution >= 4 is 23.0 Å². The van der Waals surface area contributed by atoms with Crippen LogP contribution in [0.15, 0.2) is 18.5 Å². The van der Waals surface area contributed by atoms with Crippen LogP contribution in [0.4, 0.5) is 5.82 Å². The van der Waals surface area contributed by atoms with Gasteiger partial charge in [0, 0.05) is 25.1 Å². The number of rotatable bonds is 4. The van der Waals surface area contributed by atoms with Crippen LogP contribution in [0.1, 0.15) is 29.1 Å². The molecule has 3 rings (SSSR count). The number of pyridine rings is 1. The Morgan fingerprint density at radius 2 is 2.35 bits per heavy atom. The van der Waals surface area contributed by atoms with Crippen molar-refractivity contribution in [3.63, 3.8) is 0 Å². The Morgan fingerprint density at radius 3 is 3.05 bits per heavy atom. The van der Waals surface area contributed by atoms with Gasteiger partial charge in [-0.3, -0.25) is 0 Å². The Balaban J connectivity index is 1.88. The van der Waals surface area contributed by atoms with Crippen LogP contribution < -0.4 is 11.1 Å². The lowest BCUT2D eigenvalue weighted by atomic mass is 10.1. The molecule has 1 aliphatic carbocycles. The molecule has 0 saturated heterocycles. The van der Waals surface area contributed by atoms with Gasteiger partial charge in [0.25, 0.3) is 0 Å². The summed E-state index contributed by atoms with van der Waals surface area (Å²) in [7, 11) is 1.97. The molecule has 2 aromatic rings. The van der Waals surface area contributed by atoms with Gasteiger partial charge < -0.3 is 15.6 Å². The number of hydrogen-bond acceptors (Lipinski definition) is 4. The second kappa shape index (κ2) is 5.20. The maximum absolute atomic E-state index is 5.82. The minimum Gasteiger partial charge on any atom is -0.389 e. The van der Waals surface area contributed by atoms with Crippen molar-refractivity contribution < 1.29 is 0 Å². The molecular formula is C14H17N5S. The molecule has 1 aliphatic rings. The van der Waals surface area contributed by atoms with E-state index in [9.17, 15) is 0 Å². The molecule has 0 aromatic carbocycles. The van der Waals surface area contributed by atoms with Crippen molar-refractivity contribution in [1.82, 2.24) is 14.5 Å². The molecule has 5 nitrogen and oxygen atoms in total. The number of aromatic nitrogens is 3. The number of anilines is 1. The molecule has 2 heterocycles. The third-order valence-electron chi connectivity index (χ3n) is 3.65. The maximum atomic E-state index is 5.82. The maximum Gasteiger partial charge on any atom is 0.136 e. The number of nitrogens with two attached hydrogens (primary N) is 1. The van der Waals surface area contributed by atoms with Crippen molar-refractivity contribution in [2.75, 3.05) is 5.32 Å². The highest BCUT2D eigenvalue weighted by atomic mass is 32.1. The van der Waals surface area contributed by atoms with Gasteiger partial charge >= 0.3 is 0 Å². The Bertz CT molecular complexity index is 662. The summed E-state index contributed by atoms with van der Waals surface area (Å²) in [5, 5.41) is 3.31. The summed E-state index contributed by atoms with van der Waals surface area (Å²) >= 11 is 5.14. The first-order valence-corrected chi connectivity index (χ1v) is 7.08. The van der Waals surface area contributed by atoms with E-state index >= 15 is 0 Å². The molecule has 0 radical (unpaired) electrons. The van der Waals surface area contributed by atoms with Gasteiger partial charge in [0.2, 0.25) is 0 Å². The average molecular weight is 287 g/mol. The molecule has 0 aliphatic heterocycles. The number of thiocarbonyl (C=S) groups is 1. The van der Waals surface area contributed by atoms with E-state index in [1.165, 1.54) is 5.56 Å². The third-order valence-corrected chi connectivity index (χ3v) is 3.87. The molecule has 3 N–H and O–H groups in total. The number of imidazole rings is 1. The van der Waals surface area contributed by atoms with E-state index in [-0.39, 0.29) is 0 Å². The van der Waals surface area contributed by atoms with E-state index in [0.29, 0.717) is 11.5 Å². The topological polar surface area (TPSA) is 68.8 Å². The van der Waals surface area contributed by atoms with Crippen LogP contribution in [-0.4, -0.2) is 19.5 Å². The Hall–Kier alpha value is -1.95. The fraction of sp³-hybridized carbons (Fsp3) is 0.357. The van der Waals surface area contributed by atoms with Crippen molar-refractivity contribution in [2.24, 2.45) is 12.8 Å². The van der Waals surface area contributed by atoms with Crippen LogP contribution in [-0.2, 0) is 26.4 Å². The summed E-state index contributed by atoms with van der Waals surface area (Å²) in [6, 6.07) is 2.08. The summed E-state index contributed by atoms with van der Waals surface area (Å²) in [6.07, 6.45) is 6.95. The minimum atomic E-state index is 0.384. The smallest absolute Gasteiger partial charge is 0.136 e. The molecule has 20 heavy (non-hydrogen) atoms. The predicted octanol–water partition coefficient (Wildman–Crippen LogP) is 1.55. The van der Waals surface area contributed by atoms with E-state index in [1.54, 1.807) is 6.20 Å². The molecule has 0 atom stereocenters. The molecule has 0 fully saturated rings. The zero-order valence-electron chi connectivity index (χ0n) is 11.4. The van der Waals surface area contributed by atoms with Crippen LogP contribution in [0.5, 0.6) is 0 Å². The Labute approximate surface area is 123 Å². The van der Waals surface area contributed by atoms with Gasteiger partial charge in [-0.25, -0.2) is 9.97 Å². The first-order valence-electron chi connectivity index (χ1n) is 6.68. The van der Waals surface area contributed by atoms with Crippen LogP contribution in [0.3, 0.4) is 0 Å². The van der Waals surface area contributed by atoms with Crippen molar-refractivity contribution in [1.29, 1.82) is 0 Å². The fourth-order valence-corrected chi connectivity index (χ4v) is 2.68. The minimum absolute atomic E-state index is 0.384. The summed E-state index contributed by atoms with van der Waals surface area (Å²) in [4.78, 5) is 9.36. The van der Waals surface area contributed by atoms with Gasteiger partial charge in [0.1, 0.15) is 16.6 Å². The second-order valence-corrected chi connectivity index (χ2v) is 5.46. The molecule has 0 unspecified atom stereocenters. The lowest BCUT2D eigenvalue weighted by Crippen LogP contribution is -2.16. The first kappa shape index (κ1) is 13.1. The number of nitrogens with one attached hydrogen (secondary N) is 1. The highest BCUT2D eigenvalue weighted by molar-refractivity contribution is 7.80. The number of hydrogen-bond donors (Lipinski definition) is 2. The second-order valence-electron chi connectivity index (χ2n) is 5.02. The highest BCUT2D eigenvalue weighted by Gasteiger charge is 2.17. The summed E-state index contributed by atoms with van der Waals surface area (Å²) in [5.41, 5.74) is 9.08.